The average molecular weight is 154 g/mol. The fourth-order valence-electron chi connectivity index (χ4n) is 0.0904. The molecule has 0 fully saturated rings. The second-order valence-corrected chi connectivity index (χ2v) is 1.09. The SMILES string of the molecule is [CH2]OCOCBr. The van der Waals surface area contributed by atoms with Gasteiger partial charge < -0.3 is 9.47 Å². The zero-order valence-corrected chi connectivity index (χ0v) is 4.90. The maximum absolute atomic E-state index is 4.61. The lowest BCUT2D eigenvalue weighted by molar-refractivity contribution is 0.0103. The molecule has 2 nitrogen and oxygen atoms in total. The zero-order valence-electron chi connectivity index (χ0n) is 3.32. The summed E-state index contributed by atoms with van der Waals surface area (Å²) in [6.45, 7) is 0.255. The van der Waals surface area contributed by atoms with Crippen LogP contribution in [-0.2, 0) is 9.47 Å². The Kier molecular flexibility index (Phi) is 5.76. The van der Waals surface area contributed by atoms with Crippen molar-refractivity contribution in [2.75, 3.05) is 12.3 Å². The van der Waals surface area contributed by atoms with Crippen molar-refractivity contribution in [3.8, 4) is 0 Å². The van der Waals surface area contributed by atoms with Gasteiger partial charge in [0.1, 0.15) is 12.3 Å². The minimum absolute atomic E-state index is 0.255. The van der Waals surface area contributed by atoms with E-state index in [9.17, 15) is 0 Å². The monoisotopic (exact) mass is 153 g/mol. The molecule has 0 spiro atoms. The molecule has 0 aromatic carbocycles. The molecule has 0 N–H and O–H groups in total. The number of hydrogen-bond acceptors (Lipinski definition) is 2. The molecule has 0 bridgehead atoms. The first-order chi connectivity index (χ1) is 2.91. The minimum Gasteiger partial charge on any atom is -0.353 e. The maximum atomic E-state index is 4.61. The quantitative estimate of drug-likeness (QED) is 0.344. The summed E-state index contributed by atoms with van der Waals surface area (Å²) in [5.41, 5.74) is 0.502. The number of alkyl halides is 1. The van der Waals surface area contributed by atoms with Crippen LogP contribution in [-0.4, -0.2) is 12.3 Å². The van der Waals surface area contributed by atoms with Gasteiger partial charge in [0.25, 0.3) is 0 Å². The first-order valence-corrected chi connectivity index (χ1v) is 2.54. The minimum atomic E-state index is 0.255. The van der Waals surface area contributed by atoms with E-state index in [1.54, 1.807) is 0 Å². The topological polar surface area (TPSA) is 18.5 Å². The Balaban J connectivity index is 2.34. The van der Waals surface area contributed by atoms with Crippen LogP contribution in [0.3, 0.4) is 0 Å². The van der Waals surface area contributed by atoms with Crippen molar-refractivity contribution in [2.24, 2.45) is 0 Å². The third kappa shape index (κ3) is 4.40. The van der Waals surface area contributed by atoms with Crippen LogP contribution in [0.2, 0.25) is 0 Å². The molecule has 0 atom stereocenters. The van der Waals surface area contributed by atoms with E-state index in [0.29, 0.717) is 5.52 Å². The Labute approximate surface area is 45.6 Å². The van der Waals surface area contributed by atoms with Gasteiger partial charge in [-0.2, -0.15) is 0 Å². The molecule has 0 heterocycles. The lowest BCUT2D eigenvalue weighted by Gasteiger charge is -1.91. The molecule has 0 aliphatic rings. The first-order valence-electron chi connectivity index (χ1n) is 1.42. The van der Waals surface area contributed by atoms with E-state index in [1.165, 1.54) is 0 Å². The smallest absolute Gasteiger partial charge is 0.147 e. The van der Waals surface area contributed by atoms with Crippen molar-refractivity contribution in [1.82, 2.24) is 0 Å². The Hall–Kier alpha value is 0.400. The fraction of sp³-hybridized carbons (Fsp3) is 0.667. The average Bonchev–Trinajstić information content (AvgIpc) is 1.61. The van der Waals surface area contributed by atoms with Crippen LogP contribution in [0.15, 0.2) is 0 Å². The Morgan fingerprint density at radius 3 is 2.50 bits per heavy atom. The van der Waals surface area contributed by atoms with Crippen molar-refractivity contribution in [3.63, 3.8) is 0 Å². The number of halogens is 1. The molecule has 0 aliphatic carbocycles. The normalized spacial score (nSPS) is 9.00. The molecule has 0 saturated carbocycles. The highest BCUT2D eigenvalue weighted by Crippen LogP contribution is 1.80. The van der Waals surface area contributed by atoms with Gasteiger partial charge in [-0.3, -0.25) is 0 Å². The number of rotatable bonds is 3. The van der Waals surface area contributed by atoms with Crippen LogP contribution in [0.4, 0.5) is 0 Å². The van der Waals surface area contributed by atoms with Crippen molar-refractivity contribution in [2.45, 2.75) is 0 Å². The van der Waals surface area contributed by atoms with Crippen molar-refractivity contribution in [3.05, 3.63) is 7.11 Å². The van der Waals surface area contributed by atoms with Gasteiger partial charge in [0.2, 0.25) is 0 Å². The second-order valence-electron chi connectivity index (χ2n) is 0.635. The summed E-state index contributed by atoms with van der Waals surface area (Å²) < 4.78 is 8.89. The number of hydrogen-bond donors (Lipinski definition) is 0. The van der Waals surface area contributed by atoms with Gasteiger partial charge in [-0.15, -0.1) is 0 Å². The molecule has 0 saturated heterocycles. The Morgan fingerprint density at radius 1 is 1.67 bits per heavy atom. The van der Waals surface area contributed by atoms with Crippen LogP contribution in [0.5, 0.6) is 0 Å². The van der Waals surface area contributed by atoms with Gasteiger partial charge in [0.05, 0.1) is 7.11 Å². The van der Waals surface area contributed by atoms with E-state index >= 15 is 0 Å². The first kappa shape index (κ1) is 6.40. The summed E-state index contributed by atoms with van der Waals surface area (Å²) in [6.07, 6.45) is 0. The van der Waals surface area contributed by atoms with Crippen LogP contribution < -0.4 is 0 Å². The molecule has 1 radical (unpaired) electrons. The molecule has 0 rings (SSSR count). The highest BCUT2D eigenvalue weighted by Gasteiger charge is 1.72. The lowest BCUT2D eigenvalue weighted by Crippen LogP contribution is -1.89. The molecule has 0 aromatic heterocycles. The molecule has 0 amide bonds. The Morgan fingerprint density at radius 2 is 2.33 bits per heavy atom. The summed E-state index contributed by atoms with van der Waals surface area (Å²) in [7, 11) is 3.08. The predicted molar refractivity (Wildman–Crippen MR) is 26.2 cm³/mol. The molecule has 6 heavy (non-hydrogen) atoms. The zero-order chi connectivity index (χ0) is 4.83. The van der Waals surface area contributed by atoms with Gasteiger partial charge in [-0.1, -0.05) is 15.9 Å². The molecular weight excluding hydrogens is 148 g/mol. The molecule has 37 valence electrons. The maximum Gasteiger partial charge on any atom is 0.147 e. The van der Waals surface area contributed by atoms with Crippen LogP contribution >= 0.6 is 15.9 Å². The molecule has 3 heteroatoms. The summed E-state index contributed by atoms with van der Waals surface area (Å²) >= 11 is 3.02. The van der Waals surface area contributed by atoms with Crippen LogP contribution in [0.25, 0.3) is 0 Å². The van der Waals surface area contributed by atoms with Gasteiger partial charge in [0.15, 0.2) is 0 Å². The third-order valence-electron chi connectivity index (χ3n) is 0.244. The van der Waals surface area contributed by atoms with Gasteiger partial charge in [0, 0.05) is 0 Å². The molecule has 0 aliphatic heterocycles. The summed E-state index contributed by atoms with van der Waals surface area (Å²) in [5, 5.41) is 0. The van der Waals surface area contributed by atoms with Crippen LogP contribution in [0.1, 0.15) is 0 Å². The summed E-state index contributed by atoms with van der Waals surface area (Å²) in [6, 6.07) is 0. The van der Waals surface area contributed by atoms with Crippen molar-refractivity contribution >= 4 is 15.9 Å². The summed E-state index contributed by atoms with van der Waals surface area (Å²) in [4.78, 5) is 0. The van der Waals surface area contributed by atoms with Crippen molar-refractivity contribution < 1.29 is 9.47 Å². The van der Waals surface area contributed by atoms with E-state index in [4.69, 9.17) is 0 Å². The van der Waals surface area contributed by atoms with E-state index < -0.39 is 0 Å². The van der Waals surface area contributed by atoms with Crippen molar-refractivity contribution in [1.29, 1.82) is 0 Å². The lowest BCUT2D eigenvalue weighted by atomic mass is 11.4. The Bertz CT molecular complexity index is 20.8. The standard InChI is InChI=1S/C3H6BrO2/c1-5-3-6-2-4/h1-3H2. The van der Waals surface area contributed by atoms with Gasteiger partial charge >= 0.3 is 0 Å². The van der Waals surface area contributed by atoms with Gasteiger partial charge in [-0.25, -0.2) is 0 Å². The van der Waals surface area contributed by atoms with Gasteiger partial charge in [-0.05, 0) is 0 Å². The highest BCUT2D eigenvalue weighted by atomic mass is 79.9. The predicted octanol–water partition coefficient (Wildman–Crippen LogP) is 1.12. The molecular formula is C3H6BrO2. The van der Waals surface area contributed by atoms with E-state index in [0.717, 1.165) is 0 Å². The van der Waals surface area contributed by atoms with E-state index in [-0.39, 0.29) is 6.79 Å². The van der Waals surface area contributed by atoms with Crippen LogP contribution in [0, 0.1) is 7.11 Å². The fourth-order valence-corrected chi connectivity index (χ4v) is 0.223. The van der Waals surface area contributed by atoms with E-state index in [2.05, 4.69) is 32.5 Å². The van der Waals surface area contributed by atoms with E-state index in [1.807, 2.05) is 0 Å². The summed E-state index contributed by atoms with van der Waals surface area (Å²) in [5.74, 6) is 0. The largest absolute Gasteiger partial charge is 0.353 e. The second kappa shape index (κ2) is 5.40. The third-order valence-corrected chi connectivity index (χ3v) is 0.568. The number of ether oxygens (including phenoxy) is 2. The highest BCUT2D eigenvalue weighted by molar-refractivity contribution is 9.09. The molecule has 0 unspecified atom stereocenters. The molecule has 0 aromatic rings.